The van der Waals surface area contributed by atoms with Crippen LogP contribution in [-0.2, 0) is 16.0 Å². The van der Waals surface area contributed by atoms with Crippen molar-refractivity contribution in [3.05, 3.63) is 54.1 Å². The van der Waals surface area contributed by atoms with E-state index >= 15 is 0 Å². The largest absolute Gasteiger partial charge is 0.478 e. The van der Waals surface area contributed by atoms with Crippen molar-refractivity contribution in [2.45, 2.75) is 25.4 Å². The van der Waals surface area contributed by atoms with E-state index in [1.165, 1.54) is 5.56 Å². The lowest BCUT2D eigenvalue weighted by atomic mass is 10.0. The topological polar surface area (TPSA) is 58.6 Å². The monoisotopic (exact) mass is 322 g/mol. The van der Waals surface area contributed by atoms with E-state index in [1.54, 1.807) is 17.0 Å². The van der Waals surface area contributed by atoms with Crippen molar-refractivity contribution in [3.63, 3.8) is 0 Å². The van der Waals surface area contributed by atoms with E-state index in [9.17, 15) is 9.59 Å². The van der Waals surface area contributed by atoms with Crippen LogP contribution in [0.15, 0.2) is 48.5 Å². The van der Waals surface area contributed by atoms with E-state index in [4.69, 9.17) is 4.74 Å². The van der Waals surface area contributed by atoms with Crippen LogP contribution in [0, 0.1) is 0 Å². The number of carbonyl (C=O) groups excluding carboxylic acids is 2. The fraction of sp³-hybridized carbons (Fsp3) is 0.263. The number of amides is 2. The van der Waals surface area contributed by atoms with Crippen molar-refractivity contribution in [2.75, 3.05) is 16.8 Å². The Morgan fingerprint density at radius 1 is 1.17 bits per heavy atom. The average Bonchev–Trinajstić information content (AvgIpc) is 2.62. The smallest absolute Gasteiger partial charge is 0.266 e. The number of fused-ring (bicyclic) bond motifs is 2. The lowest BCUT2D eigenvalue weighted by Crippen LogP contribution is -2.43. The molecule has 4 rings (SSSR count). The van der Waals surface area contributed by atoms with Gasteiger partial charge >= 0.3 is 0 Å². The predicted molar refractivity (Wildman–Crippen MR) is 91.2 cm³/mol. The van der Waals surface area contributed by atoms with Crippen molar-refractivity contribution >= 4 is 23.2 Å². The van der Waals surface area contributed by atoms with E-state index in [0.717, 1.165) is 18.5 Å². The normalized spacial score (nSPS) is 18.9. The number of ether oxygens (including phenoxy) is 1. The molecule has 5 nitrogen and oxygen atoms in total. The molecule has 0 spiro atoms. The molecule has 0 bridgehead atoms. The van der Waals surface area contributed by atoms with Gasteiger partial charge in [0, 0.05) is 12.2 Å². The Balaban J connectivity index is 1.52. The average molecular weight is 322 g/mol. The number of nitrogens with zero attached hydrogens (tertiary/aromatic N) is 1. The number of hydrogen-bond donors (Lipinski definition) is 1. The predicted octanol–water partition coefficient (Wildman–Crippen LogP) is 2.76. The van der Waals surface area contributed by atoms with Gasteiger partial charge in [0.2, 0.25) is 5.91 Å². The molecular weight excluding hydrogens is 304 g/mol. The van der Waals surface area contributed by atoms with Crippen molar-refractivity contribution in [1.82, 2.24) is 0 Å². The van der Waals surface area contributed by atoms with Gasteiger partial charge in [-0.25, -0.2) is 0 Å². The summed E-state index contributed by atoms with van der Waals surface area (Å²) in [4.78, 5) is 26.7. The number of anilines is 2. The van der Waals surface area contributed by atoms with Crippen molar-refractivity contribution in [2.24, 2.45) is 0 Å². The molecule has 0 aliphatic carbocycles. The first kappa shape index (κ1) is 14.8. The summed E-state index contributed by atoms with van der Waals surface area (Å²) in [5.74, 6) is 0.253. The first-order chi connectivity index (χ1) is 11.7. The van der Waals surface area contributed by atoms with Crippen LogP contribution in [-0.4, -0.2) is 24.5 Å². The molecule has 2 aliphatic rings. The summed E-state index contributed by atoms with van der Waals surface area (Å²) in [5.41, 5.74) is 2.77. The highest BCUT2D eigenvalue weighted by Crippen LogP contribution is 2.31. The molecule has 122 valence electrons. The summed E-state index contributed by atoms with van der Waals surface area (Å²) >= 11 is 0. The van der Waals surface area contributed by atoms with E-state index in [1.807, 2.05) is 30.3 Å². The summed E-state index contributed by atoms with van der Waals surface area (Å²) in [6, 6.07) is 15.2. The van der Waals surface area contributed by atoms with Gasteiger partial charge in [0.05, 0.1) is 12.1 Å². The van der Waals surface area contributed by atoms with Crippen LogP contribution in [0.2, 0.25) is 0 Å². The van der Waals surface area contributed by atoms with Gasteiger partial charge in [-0.3, -0.25) is 9.59 Å². The van der Waals surface area contributed by atoms with E-state index in [0.29, 0.717) is 18.0 Å². The number of hydrogen-bond acceptors (Lipinski definition) is 3. The lowest BCUT2D eigenvalue weighted by molar-refractivity contribution is -0.129. The number of para-hydroxylation sites is 3. The van der Waals surface area contributed by atoms with Gasteiger partial charge in [-0.2, -0.15) is 0 Å². The van der Waals surface area contributed by atoms with Crippen LogP contribution < -0.4 is 15.0 Å². The Kier molecular flexibility index (Phi) is 3.69. The lowest BCUT2D eigenvalue weighted by Gasteiger charge is -2.31. The molecule has 2 amide bonds. The van der Waals surface area contributed by atoms with Crippen LogP contribution in [0.1, 0.15) is 18.4 Å². The molecule has 0 fully saturated rings. The second-order valence-electron chi connectivity index (χ2n) is 6.07. The molecule has 1 atom stereocenters. The molecule has 2 heterocycles. The van der Waals surface area contributed by atoms with E-state index in [-0.39, 0.29) is 18.2 Å². The first-order valence-electron chi connectivity index (χ1n) is 8.17. The maximum absolute atomic E-state index is 12.8. The highest BCUT2D eigenvalue weighted by atomic mass is 16.5. The Bertz CT molecular complexity index is 803. The summed E-state index contributed by atoms with van der Waals surface area (Å²) < 4.78 is 5.73. The van der Waals surface area contributed by atoms with Crippen molar-refractivity contribution in [1.29, 1.82) is 0 Å². The second-order valence-corrected chi connectivity index (χ2v) is 6.07. The zero-order valence-electron chi connectivity index (χ0n) is 13.2. The van der Waals surface area contributed by atoms with Crippen LogP contribution in [0.5, 0.6) is 5.75 Å². The number of aryl methyl sites for hydroxylation is 1. The van der Waals surface area contributed by atoms with Crippen LogP contribution in [0.25, 0.3) is 0 Å². The number of carbonyl (C=O) groups is 2. The van der Waals surface area contributed by atoms with Gasteiger partial charge in [-0.1, -0.05) is 30.3 Å². The highest BCUT2D eigenvalue weighted by molar-refractivity contribution is 6.03. The zero-order chi connectivity index (χ0) is 16.5. The summed E-state index contributed by atoms with van der Waals surface area (Å²) in [5, 5.41) is 2.80. The van der Waals surface area contributed by atoms with Crippen molar-refractivity contribution in [3.8, 4) is 5.75 Å². The fourth-order valence-corrected chi connectivity index (χ4v) is 3.29. The summed E-state index contributed by atoms with van der Waals surface area (Å²) in [7, 11) is 0. The molecule has 5 heteroatoms. The first-order valence-corrected chi connectivity index (χ1v) is 8.17. The van der Waals surface area contributed by atoms with Gasteiger partial charge in [-0.15, -0.1) is 0 Å². The number of nitrogens with one attached hydrogen (secondary N) is 1. The van der Waals surface area contributed by atoms with Gasteiger partial charge in [0.25, 0.3) is 5.91 Å². The molecule has 0 aromatic heterocycles. The Hall–Kier alpha value is -2.82. The SMILES string of the molecule is O=C1Nc2ccccc2OC1CC(=O)N1CCCc2ccccc21. The molecule has 0 saturated carbocycles. The molecule has 0 radical (unpaired) electrons. The van der Waals surface area contributed by atoms with E-state index < -0.39 is 6.10 Å². The highest BCUT2D eigenvalue weighted by Gasteiger charge is 2.32. The van der Waals surface area contributed by atoms with Gasteiger partial charge in [0.15, 0.2) is 6.10 Å². The maximum Gasteiger partial charge on any atom is 0.266 e. The van der Waals surface area contributed by atoms with Crippen LogP contribution in [0.3, 0.4) is 0 Å². The number of rotatable bonds is 2. The third-order valence-electron chi connectivity index (χ3n) is 4.48. The molecule has 2 aliphatic heterocycles. The van der Waals surface area contributed by atoms with Crippen molar-refractivity contribution < 1.29 is 14.3 Å². The molecule has 1 unspecified atom stereocenters. The molecule has 1 N–H and O–H groups in total. The van der Waals surface area contributed by atoms with Gasteiger partial charge in [-0.05, 0) is 36.6 Å². The third kappa shape index (κ3) is 2.62. The molecular formula is C19H18N2O3. The third-order valence-corrected chi connectivity index (χ3v) is 4.48. The standard InChI is InChI=1S/C19H18N2O3/c22-18(21-11-5-7-13-6-1-3-9-15(13)21)12-17-19(23)20-14-8-2-4-10-16(14)24-17/h1-4,6,8-10,17H,5,7,11-12H2,(H,20,23). The minimum absolute atomic E-state index is 0.0362. The number of benzene rings is 2. The maximum atomic E-state index is 12.8. The van der Waals surface area contributed by atoms with Gasteiger partial charge in [0.1, 0.15) is 5.75 Å². The second kappa shape index (κ2) is 6.00. The van der Waals surface area contributed by atoms with Gasteiger partial charge < -0.3 is 15.0 Å². The quantitative estimate of drug-likeness (QED) is 0.925. The van der Waals surface area contributed by atoms with Crippen LogP contribution >= 0.6 is 0 Å². The molecule has 2 aromatic carbocycles. The summed E-state index contributed by atoms with van der Waals surface area (Å²) in [6.45, 7) is 0.681. The summed E-state index contributed by atoms with van der Waals surface area (Å²) in [6.07, 6.45) is 1.16. The zero-order valence-corrected chi connectivity index (χ0v) is 13.2. The minimum Gasteiger partial charge on any atom is -0.478 e. The Morgan fingerprint density at radius 3 is 2.88 bits per heavy atom. The fourth-order valence-electron chi connectivity index (χ4n) is 3.29. The molecule has 2 aromatic rings. The van der Waals surface area contributed by atoms with Crippen LogP contribution in [0.4, 0.5) is 11.4 Å². The van der Waals surface area contributed by atoms with E-state index in [2.05, 4.69) is 11.4 Å². The molecule has 24 heavy (non-hydrogen) atoms. The molecule has 0 saturated heterocycles. The Morgan fingerprint density at radius 2 is 1.96 bits per heavy atom. The minimum atomic E-state index is -0.790. The Labute approximate surface area is 140 Å².